The molecule has 1 saturated carbocycles. The zero-order valence-corrected chi connectivity index (χ0v) is 40.0. The van der Waals surface area contributed by atoms with Crippen molar-refractivity contribution in [2.45, 2.75) is 160 Å². The number of carbonyl (C=O) groups excluding carboxylic acids is 2. The number of unbranched alkanes of at least 4 members (excludes halogenated alkanes) is 8. The van der Waals surface area contributed by atoms with Crippen molar-refractivity contribution in [3.63, 3.8) is 0 Å². The predicted octanol–water partition coefficient (Wildman–Crippen LogP) is 10.4. The van der Waals surface area contributed by atoms with Gasteiger partial charge in [0.1, 0.15) is 43.2 Å². The number of hydrogen-bond acceptors (Lipinski definition) is 13. The maximum Gasteiger partial charge on any atom is 0.475 e. The van der Waals surface area contributed by atoms with Gasteiger partial charge in [0.15, 0.2) is 6.10 Å². The Morgan fingerprint density at radius 3 is 1.34 bits per heavy atom. The van der Waals surface area contributed by atoms with Crippen molar-refractivity contribution in [3.8, 4) is 0 Å². The van der Waals surface area contributed by atoms with Gasteiger partial charge in [0.05, 0.1) is 33.0 Å². The van der Waals surface area contributed by atoms with Crippen LogP contribution in [0.4, 0.5) is 0 Å². The average Bonchev–Trinajstić information content (AvgIpc) is 3.35. The Kier molecular flexibility index (Phi) is 24.3. The molecule has 1 fully saturated rings. The number of aliphatic hydroxyl groups excluding tert-OH is 2. The molecule has 0 aromatic heterocycles. The Morgan fingerprint density at radius 1 is 0.493 bits per heavy atom. The summed E-state index contributed by atoms with van der Waals surface area (Å²) in [6.07, 6.45) is -0.0510. The number of esters is 2. The van der Waals surface area contributed by atoms with Crippen LogP contribution in [-0.4, -0.2) is 78.1 Å². The molecule has 13 nitrogen and oxygen atoms in total. The van der Waals surface area contributed by atoms with Crippen molar-refractivity contribution in [2.24, 2.45) is 0 Å². The molecule has 1 aliphatic carbocycles. The first-order chi connectivity index (χ1) is 32.7. The standard InChI is InChI=1S/C53H71O13P/c1-3-5-7-9-23-33-46(54)59-39-45(65-47(55)34-24-10-8-6-4-2)40-64-67(58,63-38-44-31-21-14-22-32-44)66-53-51(61-36-42-27-17-12-18-28-42)48(56)50(60-35-41-25-15-11-16-26-41)49(57)52(53)62-37-43-29-19-13-20-30-43/h11-22,25-32,45,48-53,56-57H,3-10,23-24,33-40H2,1-2H3/t45-,48-,49+,50?,51-,52-,53?,67?/m1/s1. The molecule has 0 spiro atoms. The zero-order chi connectivity index (χ0) is 47.5. The Morgan fingerprint density at radius 2 is 0.896 bits per heavy atom. The second-order valence-corrected chi connectivity index (χ2v) is 18.6. The third kappa shape index (κ3) is 19.3. The van der Waals surface area contributed by atoms with Crippen LogP contribution in [0, 0.1) is 0 Å². The minimum Gasteiger partial charge on any atom is -0.462 e. The summed E-state index contributed by atoms with van der Waals surface area (Å²) in [5.41, 5.74) is 2.99. The van der Waals surface area contributed by atoms with Crippen LogP contribution in [0.1, 0.15) is 113 Å². The number of hydrogen-bond donors (Lipinski definition) is 2. The molecule has 0 aliphatic heterocycles. The highest BCUT2D eigenvalue weighted by Gasteiger charge is 2.55. The molecule has 4 aromatic carbocycles. The quantitative estimate of drug-likeness (QED) is 0.0270. The molecule has 3 unspecified atom stereocenters. The van der Waals surface area contributed by atoms with Crippen LogP contribution in [0.25, 0.3) is 0 Å². The van der Waals surface area contributed by atoms with Crippen LogP contribution in [-0.2, 0) is 77.8 Å². The van der Waals surface area contributed by atoms with Crippen LogP contribution < -0.4 is 0 Å². The van der Waals surface area contributed by atoms with Crippen LogP contribution in [0.15, 0.2) is 121 Å². The number of rotatable bonds is 32. The molecule has 0 saturated heterocycles. The molecule has 0 heterocycles. The molecule has 366 valence electrons. The third-order valence-electron chi connectivity index (χ3n) is 11.4. The molecule has 0 amide bonds. The highest BCUT2D eigenvalue weighted by Crippen LogP contribution is 2.54. The van der Waals surface area contributed by atoms with E-state index >= 15 is 4.57 Å². The summed E-state index contributed by atoms with van der Waals surface area (Å²) in [6, 6.07) is 36.9. The monoisotopic (exact) mass is 946 g/mol. The van der Waals surface area contributed by atoms with Crippen LogP contribution in [0.2, 0.25) is 0 Å². The highest BCUT2D eigenvalue weighted by molar-refractivity contribution is 7.48. The van der Waals surface area contributed by atoms with Crippen molar-refractivity contribution in [2.75, 3.05) is 13.2 Å². The first kappa shape index (κ1) is 53.7. The fourth-order valence-electron chi connectivity index (χ4n) is 7.67. The van der Waals surface area contributed by atoms with Gasteiger partial charge in [0.2, 0.25) is 0 Å². The summed E-state index contributed by atoms with van der Waals surface area (Å²) < 4.78 is 64.6. The SMILES string of the molecule is CCCCCCCC(=O)OC[C@H](COP(=O)(OCc1ccccc1)OC1[C@H](OCc2ccccc2)[C@H](O)C(OCc2ccccc2)[C@H](O)[C@H]1OCc1ccccc1)OC(=O)CCCCCCC. The predicted molar refractivity (Wildman–Crippen MR) is 254 cm³/mol. The molecule has 2 N–H and O–H groups in total. The number of carbonyl (C=O) groups is 2. The van der Waals surface area contributed by atoms with E-state index in [1.54, 1.807) is 24.3 Å². The number of phosphoric ester groups is 1. The lowest BCUT2D eigenvalue weighted by Crippen LogP contribution is -2.66. The van der Waals surface area contributed by atoms with E-state index in [0.717, 1.165) is 68.1 Å². The molecule has 5 rings (SSSR count). The minimum atomic E-state index is -4.82. The molecule has 8 atom stereocenters. The molecular formula is C53H71O13P. The van der Waals surface area contributed by atoms with E-state index in [2.05, 4.69) is 13.8 Å². The topological polar surface area (TPSA) is 166 Å². The first-order valence-electron chi connectivity index (χ1n) is 24.0. The molecule has 1 aliphatic rings. The van der Waals surface area contributed by atoms with Gasteiger partial charge in [-0.1, -0.05) is 187 Å². The smallest absolute Gasteiger partial charge is 0.462 e. The number of phosphoric acid groups is 1. The second kappa shape index (κ2) is 30.3. The first-order valence-corrected chi connectivity index (χ1v) is 25.4. The molecule has 67 heavy (non-hydrogen) atoms. The second-order valence-electron chi connectivity index (χ2n) is 17.0. The van der Waals surface area contributed by atoms with Gasteiger partial charge in [0, 0.05) is 12.8 Å². The van der Waals surface area contributed by atoms with E-state index in [1.807, 2.05) is 97.1 Å². The maximum atomic E-state index is 15.3. The van der Waals surface area contributed by atoms with Gasteiger partial charge < -0.3 is 33.9 Å². The highest BCUT2D eigenvalue weighted by atomic mass is 31.2. The van der Waals surface area contributed by atoms with E-state index in [-0.39, 0.29) is 45.9 Å². The maximum absolute atomic E-state index is 15.3. The van der Waals surface area contributed by atoms with Gasteiger partial charge in [-0.05, 0) is 35.1 Å². The van der Waals surface area contributed by atoms with Gasteiger partial charge in [-0.2, -0.15) is 0 Å². The fourth-order valence-corrected chi connectivity index (χ4v) is 9.06. The van der Waals surface area contributed by atoms with Crippen molar-refractivity contribution < 1.29 is 61.6 Å². The average molecular weight is 947 g/mol. The summed E-state index contributed by atoms with van der Waals surface area (Å²) >= 11 is 0. The number of aliphatic hydroxyl groups is 2. The largest absolute Gasteiger partial charge is 0.475 e. The Balaban J connectivity index is 1.45. The van der Waals surface area contributed by atoms with Gasteiger partial charge in [-0.25, -0.2) is 4.57 Å². The normalized spacial score (nSPS) is 20.7. The van der Waals surface area contributed by atoms with Gasteiger partial charge in [-0.15, -0.1) is 0 Å². The molecule has 0 radical (unpaired) electrons. The van der Waals surface area contributed by atoms with Crippen molar-refractivity contribution in [3.05, 3.63) is 144 Å². The van der Waals surface area contributed by atoms with Crippen LogP contribution in [0.5, 0.6) is 0 Å². The zero-order valence-electron chi connectivity index (χ0n) is 39.1. The number of ether oxygens (including phenoxy) is 5. The Labute approximate surface area is 397 Å². The Hall–Kier alpha value is -4.27. The van der Waals surface area contributed by atoms with Gasteiger partial charge in [-0.3, -0.25) is 23.2 Å². The van der Waals surface area contributed by atoms with Gasteiger partial charge in [0.25, 0.3) is 0 Å². The summed E-state index contributed by atoms with van der Waals surface area (Å²) in [4.78, 5) is 26.1. The van der Waals surface area contributed by atoms with E-state index in [0.29, 0.717) is 18.4 Å². The summed E-state index contributed by atoms with van der Waals surface area (Å²) in [5, 5.41) is 24.3. The molecule has 0 bridgehead atoms. The fraction of sp³-hybridized carbons (Fsp3) is 0.509. The molecule has 14 heteroatoms. The lowest BCUT2D eigenvalue weighted by atomic mass is 9.84. The summed E-state index contributed by atoms with van der Waals surface area (Å²) in [6.45, 7) is 3.12. The van der Waals surface area contributed by atoms with Crippen molar-refractivity contribution >= 4 is 19.8 Å². The third-order valence-corrected chi connectivity index (χ3v) is 12.9. The van der Waals surface area contributed by atoms with Crippen molar-refractivity contribution in [1.82, 2.24) is 0 Å². The number of benzene rings is 4. The van der Waals surface area contributed by atoms with E-state index < -0.39 is 69.1 Å². The van der Waals surface area contributed by atoms with Crippen molar-refractivity contribution in [1.29, 1.82) is 0 Å². The minimum absolute atomic E-state index is 0.00813. The summed E-state index contributed by atoms with van der Waals surface area (Å²) in [5.74, 6) is -0.978. The summed E-state index contributed by atoms with van der Waals surface area (Å²) in [7, 11) is -4.82. The van der Waals surface area contributed by atoms with Crippen LogP contribution >= 0.6 is 7.82 Å². The van der Waals surface area contributed by atoms with E-state index in [4.69, 9.17) is 37.3 Å². The molecular weight excluding hydrogens is 876 g/mol. The van der Waals surface area contributed by atoms with Crippen LogP contribution in [0.3, 0.4) is 0 Å². The van der Waals surface area contributed by atoms with Gasteiger partial charge >= 0.3 is 19.8 Å². The van der Waals surface area contributed by atoms with E-state index in [9.17, 15) is 19.8 Å². The molecule has 4 aromatic rings. The lowest BCUT2D eigenvalue weighted by molar-refractivity contribution is -0.259. The lowest BCUT2D eigenvalue weighted by Gasteiger charge is -2.47. The Bertz CT molecular complexity index is 1930. The van der Waals surface area contributed by atoms with E-state index in [1.165, 1.54) is 0 Å².